The Balaban J connectivity index is 2.00. The Bertz CT molecular complexity index is 108. The van der Waals surface area contributed by atoms with Crippen LogP contribution >= 0.6 is 0 Å². The van der Waals surface area contributed by atoms with Gasteiger partial charge in [0.15, 0.2) is 0 Å². The van der Waals surface area contributed by atoms with Gasteiger partial charge in [-0.1, -0.05) is 6.08 Å². The molecule has 1 unspecified atom stereocenters. The summed E-state index contributed by atoms with van der Waals surface area (Å²) in [6.07, 6.45) is 5.45. The molecule has 1 N–H and O–H groups in total. The van der Waals surface area contributed by atoms with Gasteiger partial charge < -0.3 is 10.1 Å². The fourth-order valence-corrected chi connectivity index (χ4v) is 1.29. The van der Waals surface area contributed by atoms with Gasteiger partial charge in [-0.15, -0.1) is 6.58 Å². The van der Waals surface area contributed by atoms with E-state index in [4.69, 9.17) is 4.74 Å². The molecule has 1 heterocycles. The first-order chi connectivity index (χ1) is 5.43. The van der Waals surface area contributed by atoms with Crippen LogP contribution in [0.25, 0.3) is 0 Å². The SMILES string of the molecule is C=CCCNC1CCCOC1. The summed E-state index contributed by atoms with van der Waals surface area (Å²) in [5.74, 6) is 0. The Morgan fingerprint density at radius 1 is 1.64 bits per heavy atom. The Labute approximate surface area is 68.6 Å². The molecule has 1 aliphatic heterocycles. The molecule has 0 spiro atoms. The van der Waals surface area contributed by atoms with Crippen molar-refractivity contribution >= 4 is 0 Å². The zero-order valence-electron chi connectivity index (χ0n) is 7.01. The molecule has 1 saturated heterocycles. The van der Waals surface area contributed by atoms with Crippen LogP contribution in [0, 0.1) is 0 Å². The first-order valence-corrected chi connectivity index (χ1v) is 4.35. The second-order valence-corrected chi connectivity index (χ2v) is 2.95. The maximum atomic E-state index is 5.32. The van der Waals surface area contributed by atoms with Crippen molar-refractivity contribution in [2.75, 3.05) is 19.8 Å². The Hall–Kier alpha value is -0.340. The zero-order chi connectivity index (χ0) is 7.94. The molecule has 2 nitrogen and oxygen atoms in total. The van der Waals surface area contributed by atoms with E-state index in [1.54, 1.807) is 0 Å². The number of ether oxygens (including phenoxy) is 1. The lowest BCUT2D eigenvalue weighted by Gasteiger charge is -2.22. The van der Waals surface area contributed by atoms with Gasteiger partial charge in [0.05, 0.1) is 6.61 Å². The molecular formula is C9H17NO. The van der Waals surface area contributed by atoms with E-state index in [9.17, 15) is 0 Å². The standard InChI is InChI=1S/C9H17NO/c1-2-3-6-10-9-5-4-7-11-8-9/h2,9-10H,1,3-8H2. The van der Waals surface area contributed by atoms with Gasteiger partial charge >= 0.3 is 0 Å². The van der Waals surface area contributed by atoms with Gasteiger partial charge in [-0.2, -0.15) is 0 Å². The van der Waals surface area contributed by atoms with Gasteiger partial charge in [0, 0.05) is 12.6 Å². The summed E-state index contributed by atoms with van der Waals surface area (Å²) in [6, 6.07) is 0.587. The minimum Gasteiger partial charge on any atom is -0.380 e. The van der Waals surface area contributed by atoms with Crippen LogP contribution in [0.5, 0.6) is 0 Å². The molecule has 1 aliphatic rings. The van der Waals surface area contributed by atoms with Crippen LogP contribution in [0.4, 0.5) is 0 Å². The van der Waals surface area contributed by atoms with Crippen molar-refractivity contribution in [3.63, 3.8) is 0 Å². The minimum atomic E-state index is 0.587. The van der Waals surface area contributed by atoms with Crippen LogP contribution in [-0.2, 0) is 4.74 Å². The second kappa shape index (κ2) is 5.33. The van der Waals surface area contributed by atoms with Crippen molar-refractivity contribution in [2.24, 2.45) is 0 Å². The fourth-order valence-electron chi connectivity index (χ4n) is 1.29. The second-order valence-electron chi connectivity index (χ2n) is 2.95. The third-order valence-corrected chi connectivity index (χ3v) is 1.94. The summed E-state index contributed by atoms with van der Waals surface area (Å²) < 4.78 is 5.32. The maximum Gasteiger partial charge on any atom is 0.0619 e. The van der Waals surface area contributed by atoms with E-state index in [0.29, 0.717) is 6.04 Å². The van der Waals surface area contributed by atoms with Crippen molar-refractivity contribution in [2.45, 2.75) is 25.3 Å². The van der Waals surface area contributed by atoms with E-state index in [1.165, 1.54) is 12.8 Å². The highest BCUT2D eigenvalue weighted by Gasteiger charge is 2.11. The van der Waals surface area contributed by atoms with E-state index in [0.717, 1.165) is 26.2 Å². The molecule has 0 aromatic rings. The third kappa shape index (κ3) is 3.54. The highest BCUT2D eigenvalue weighted by atomic mass is 16.5. The van der Waals surface area contributed by atoms with Crippen LogP contribution in [0.1, 0.15) is 19.3 Å². The summed E-state index contributed by atoms with van der Waals surface area (Å²) >= 11 is 0. The monoisotopic (exact) mass is 155 g/mol. The lowest BCUT2D eigenvalue weighted by molar-refractivity contribution is 0.0708. The van der Waals surface area contributed by atoms with E-state index < -0.39 is 0 Å². The van der Waals surface area contributed by atoms with E-state index in [2.05, 4.69) is 11.9 Å². The fraction of sp³-hybridized carbons (Fsp3) is 0.778. The first kappa shape index (κ1) is 8.75. The van der Waals surface area contributed by atoms with Crippen molar-refractivity contribution in [1.29, 1.82) is 0 Å². The van der Waals surface area contributed by atoms with Crippen molar-refractivity contribution in [1.82, 2.24) is 5.32 Å². The normalized spacial score (nSPS) is 24.9. The summed E-state index contributed by atoms with van der Waals surface area (Å²) in [5, 5.41) is 3.43. The molecule has 0 bridgehead atoms. The van der Waals surface area contributed by atoms with E-state index in [1.807, 2.05) is 6.08 Å². The third-order valence-electron chi connectivity index (χ3n) is 1.94. The Morgan fingerprint density at radius 3 is 3.18 bits per heavy atom. The topological polar surface area (TPSA) is 21.3 Å². The largest absolute Gasteiger partial charge is 0.380 e. The maximum absolute atomic E-state index is 5.32. The van der Waals surface area contributed by atoms with Crippen molar-refractivity contribution in [3.05, 3.63) is 12.7 Å². The predicted molar refractivity (Wildman–Crippen MR) is 46.7 cm³/mol. The smallest absolute Gasteiger partial charge is 0.0619 e. The van der Waals surface area contributed by atoms with Crippen LogP contribution < -0.4 is 5.32 Å². The molecule has 1 rings (SSSR count). The molecule has 0 amide bonds. The molecule has 0 radical (unpaired) electrons. The summed E-state index contributed by atoms with van der Waals surface area (Å²) in [6.45, 7) is 6.54. The number of nitrogens with one attached hydrogen (secondary N) is 1. The van der Waals surface area contributed by atoms with Crippen molar-refractivity contribution in [3.8, 4) is 0 Å². The molecular weight excluding hydrogens is 138 g/mol. The first-order valence-electron chi connectivity index (χ1n) is 4.35. The number of hydrogen-bond acceptors (Lipinski definition) is 2. The van der Waals surface area contributed by atoms with E-state index in [-0.39, 0.29) is 0 Å². The van der Waals surface area contributed by atoms with Gasteiger partial charge in [-0.05, 0) is 25.8 Å². The molecule has 0 saturated carbocycles. The molecule has 0 aliphatic carbocycles. The lowest BCUT2D eigenvalue weighted by Crippen LogP contribution is -2.37. The number of hydrogen-bond donors (Lipinski definition) is 1. The van der Waals surface area contributed by atoms with Gasteiger partial charge in [-0.3, -0.25) is 0 Å². The number of rotatable bonds is 4. The van der Waals surface area contributed by atoms with Gasteiger partial charge in [0.25, 0.3) is 0 Å². The quantitative estimate of drug-likeness (QED) is 0.488. The van der Waals surface area contributed by atoms with Gasteiger partial charge in [0.1, 0.15) is 0 Å². The summed E-state index contributed by atoms with van der Waals surface area (Å²) in [7, 11) is 0. The van der Waals surface area contributed by atoms with Crippen LogP contribution in [-0.4, -0.2) is 25.8 Å². The molecule has 2 heteroatoms. The minimum absolute atomic E-state index is 0.587. The predicted octanol–water partition coefficient (Wildman–Crippen LogP) is 1.33. The van der Waals surface area contributed by atoms with Crippen LogP contribution in [0.2, 0.25) is 0 Å². The highest BCUT2D eigenvalue weighted by Crippen LogP contribution is 2.05. The lowest BCUT2D eigenvalue weighted by atomic mass is 10.1. The Morgan fingerprint density at radius 2 is 2.55 bits per heavy atom. The van der Waals surface area contributed by atoms with E-state index >= 15 is 0 Å². The molecule has 0 aromatic carbocycles. The highest BCUT2D eigenvalue weighted by molar-refractivity contribution is 4.73. The van der Waals surface area contributed by atoms with Crippen LogP contribution in [0.3, 0.4) is 0 Å². The molecule has 1 fully saturated rings. The van der Waals surface area contributed by atoms with Gasteiger partial charge in [-0.25, -0.2) is 0 Å². The Kier molecular flexibility index (Phi) is 4.24. The molecule has 0 aromatic heterocycles. The molecule has 64 valence electrons. The van der Waals surface area contributed by atoms with Gasteiger partial charge in [0.2, 0.25) is 0 Å². The summed E-state index contributed by atoms with van der Waals surface area (Å²) in [5.41, 5.74) is 0. The molecule has 1 atom stereocenters. The van der Waals surface area contributed by atoms with Crippen molar-refractivity contribution < 1.29 is 4.74 Å². The molecule has 11 heavy (non-hydrogen) atoms. The zero-order valence-corrected chi connectivity index (χ0v) is 7.01. The summed E-state index contributed by atoms with van der Waals surface area (Å²) in [4.78, 5) is 0. The average Bonchev–Trinajstić information content (AvgIpc) is 2.07. The van der Waals surface area contributed by atoms with Crippen LogP contribution in [0.15, 0.2) is 12.7 Å². The average molecular weight is 155 g/mol.